The van der Waals surface area contributed by atoms with Crippen molar-refractivity contribution < 1.29 is 9.53 Å². The minimum absolute atomic E-state index is 0.0203. The predicted octanol–water partition coefficient (Wildman–Crippen LogP) is 3.13. The summed E-state index contributed by atoms with van der Waals surface area (Å²) in [5.74, 6) is 0.542. The van der Waals surface area contributed by atoms with Crippen molar-refractivity contribution in [1.82, 2.24) is 25.2 Å². The standard InChI is InChI=1S/C25H30N6O2/c1-25(2,15-19-7-4-3-5-8-19)30-23(32)18-31-13-14-33-22(17-31)21-10-9-20(16-28-21)29-24-26-11-6-12-27-24/h3-12,16,22H,13-15,17-18H2,1-2H3,(H,30,32)(H,26,27,29). The molecule has 0 saturated carbocycles. The first-order chi connectivity index (χ1) is 16.0. The van der Waals surface area contributed by atoms with E-state index in [9.17, 15) is 4.79 Å². The van der Waals surface area contributed by atoms with Crippen LogP contribution in [0.2, 0.25) is 0 Å². The third-order valence-corrected chi connectivity index (χ3v) is 5.42. The largest absolute Gasteiger partial charge is 0.369 e. The summed E-state index contributed by atoms with van der Waals surface area (Å²) in [6.45, 7) is 6.34. The summed E-state index contributed by atoms with van der Waals surface area (Å²) in [5, 5.41) is 6.30. The Hall–Kier alpha value is -3.36. The van der Waals surface area contributed by atoms with Crippen molar-refractivity contribution in [3.05, 3.63) is 78.4 Å². The average Bonchev–Trinajstić information content (AvgIpc) is 2.80. The van der Waals surface area contributed by atoms with Crippen molar-refractivity contribution in [1.29, 1.82) is 0 Å². The number of carbonyl (C=O) groups is 1. The Morgan fingerprint density at radius 3 is 2.61 bits per heavy atom. The number of nitrogens with one attached hydrogen (secondary N) is 2. The van der Waals surface area contributed by atoms with E-state index in [1.807, 2.05) is 30.3 Å². The number of amides is 1. The van der Waals surface area contributed by atoms with E-state index in [1.165, 1.54) is 5.56 Å². The van der Waals surface area contributed by atoms with E-state index in [1.54, 1.807) is 24.7 Å². The molecule has 0 spiro atoms. The van der Waals surface area contributed by atoms with Crippen LogP contribution in [0.4, 0.5) is 11.6 Å². The molecule has 1 fully saturated rings. The second kappa shape index (κ2) is 10.5. The SMILES string of the molecule is CC(C)(Cc1ccccc1)NC(=O)CN1CCOC(c2ccc(Nc3ncccn3)cn2)C1. The number of aromatic nitrogens is 3. The molecule has 1 aliphatic heterocycles. The monoisotopic (exact) mass is 446 g/mol. The van der Waals surface area contributed by atoms with Crippen LogP contribution in [0.3, 0.4) is 0 Å². The van der Waals surface area contributed by atoms with Crippen molar-refractivity contribution in [2.45, 2.75) is 31.9 Å². The predicted molar refractivity (Wildman–Crippen MR) is 127 cm³/mol. The minimum Gasteiger partial charge on any atom is -0.369 e. The molecular weight excluding hydrogens is 416 g/mol. The van der Waals surface area contributed by atoms with Gasteiger partial charge in [-0.25, -0.2) is 9.97 Å². The van der Waals surface area contributed by atoms with Gasteiger partial charge in [-0.1, -0.05) is 30.3 Å². The molecule has 8 nitrogen and oxygen atoms in total. The number of hydrogen-bond acceptors (Lipinski definition) is 7. The zero-order valence-electron chi connectivity index (χ0n) is 19.1. The van der Waals surface area contributed by atoms with Gasteiger partial charge in [-0.15, -0.1) is 0 Å². The first kappa shape index (κ1) is 22.8. The van der Waals surface area contributed by atoms with Crippen LogP contribution in [0.1, 0.15) is 31.2 Å². The molecule has 1 aliphatic rings. The maximum absolute atomic E-state index is 12.7. The zero-order valence-corrected chi connectivity index (χ0v) is 19.1. The molecule has 0 bridgehead atoms. The van der Waals surface area contributed by atoms with E-state index >= 15 is 0 Å². The number of carbonyl (C=O) groups excluding carboxylic acids is 1. The minimum atomic E-state index is -0.322. The van der Waals surface area contributed by atoms with Crippen LogP contribution in [0.25, 0.3) is 0 Å². The number of morpholine rings is 1. The lowest BCUT2D eigenvalue weighted by molar-refractivity contribution is -0.126. The van der Waals surface area contributed by atoms with Crippen molar-refractivity contribution in [3.63, 3.8) is 0 Å². The van der Waals surface area contributed by atoms with Crippen LogP contribution < -0.4 is 10.6 Å². The lowest BCUT2D eigenvalue weighted by Gasteiger charge is -2.33. The van der Waals surface area contributed by atoms with Gasteiger partial charge in [0.1, 0.15) is 6.10 Å². The van der Waals surface area contributed by atoms with Gasteiger partial charge in [0.2, 0.25) is 11.9 Å². The Labute approximate surface area is 194 Å². The highest BCUT2D eigenvalue weighted by Crippen LogP contribution is 2.22. The Kier molecular flexibility index (Phi) is 7.26. The van der Waals surface area contributed by atoms with E-state index < -0.39 is 0 Å². The van der Waals surface area contributed by atoms with Gasteiger partial charge in [-0.3, -0.25) is 14.7 Å². The first-order valence-corrected chi connectivity index (χ1v) is 11.2. The number of rotatable bonds is 8. The molecule has 172 valence electrons. The molecule has 0 aliphatic carbocycles. The molecule has 1 unspecified atom stereocenters. The van der Waals surface area contributed by atoms with E-state index in [0.717, 1.165) is 17.8 Å². The second-order valence-corrected chi connectivity index (χ2v) is 8.86. The molecule has 4 rings (SSSR count). The van der Waals surface area contributed by atoms with Crippen molar-refractivity contribution in [3.8, 4) is 0 Å². The number of ether oxygens (including phenoxy) is 1. The van der Waals surface area contributed by atoms with Crippen LogP contribution in [0.5, 0.6) is 0 Å². The number of anilines is 2. The average molecular weight is 447 g/mol. The van der Waals surface area contributed by atoms with Gasteiger partial charge in [-0.2, -0.15) is 0 Å². The Balaban J connectivity index is 1.29. The lowest BCUT2D eigenvalue weighted by Crippen LogP contribution is -2.50. The number of nitrogens with zero attached hydrogens (tertiary/aromatic N) is 4. The Morgan fingerprint density at radius 2 is 1.88 bits per heavy atom. The number of benzene rings is 1. The molecule has 1 amide bonds. The van der Waals surface area contributed by atoms with Crippen LogP contribution in [-0.2, 0) is 16.0 Å². The molecule has 3 heterocycles. The summed E-state index contributed by atoms with van der Waals surface area (Å²) in [6.07, 6.45) is 5.71. The van der Waals surface area contributed by atoms with Gasteiger partial charge in [-0.05, 0) is 44.0 Å². The Bertz CT molecular complexity index is 1030. The van der Waals surface area contributed by atoms with Gasteiger partial charge >= 0.3 is 0 Å². The van der Waals surface area contributed by atoms with E-state index in [0.29, 0.717) is 32.2 Å². The lowest BCUT2D eigenvalue weighted by atomic mass is 9.95. The molecule has 3 aromatic rings. The summed E-state index contributed by atoms with van der Waals surface area (Å²) >= 11 is 0. The van der Waals surface area contributed by atoms with Gasteiger partial charge < -0.3 is 15.4 Å². The van der Waals surface area contributed by atoms with E-state index in [-0.39, 0.29) is 17.6 Å². The topological polar surface area (TPSA) is 92.3 Å². The fourth-order valence-electron chi connectivity index (χ4n) is 3.96. The summed E-state index contributed by atoms with van der Waals surface area (Å²) in [4.78, 5) is 27.7. The Morgan fingerprint density at radius 1 is 1.09 bits per heavy atom. The van der Waals surface area contributed by atoms with Crippen LogP contribution in [0.15, 0.2) is 67.1 Å². The zero-order chi connectivity index (χ0) is 23.1. The third kappa shape index (κ3) is 6.81. The third-order valence-electron chi connectivity index (χ3n) is 5.42. The van der Waals surface area contributed by atoms with Gasteiger partial charge in [0.15, 0.2) is 0 Å². The van der Waals surface area contributed by atoms with Crippen molar-refractivity contribution in [2.24, 2.45) is 0 Å². The fraction of sp³-hybridized carbons (Fsp3) is 0.360. The van der Waals surface area contributed by atoms with Crippen molar-refractivity contribution >= 4 is 17.5 Å². The summed E-state index contributed by atoms with van der Waals surface area (Å²) in [7, 11) is 0. The highest BCUT2D eigenvalue weighted by Gasteiger charge is 2.27. The van der Waals surface area contributed by atoms with Crippen LogP contribution in [0, 0.1) is 0 Å². The first-order valence-electron chi connectivity index (χ1n) is 11.2. The molecular formula is C25H30N6O2. The second-order valence-electron chi connectivity index (χ2n) is 8.86. The van der Waals surface area contributed by atoms with Gasteiger partial charge in [0, 0.05) is 31.0 Å². The van der Waals surface area contributed by atoms with Crippen LogP contribution >= 0.6 is 0 Å². The van der Waals surface area contributed by atoms with Crippen molar-refractivity contribution in [2.75, 3.05) is 31.6 Å². The molecule has 1 atom stereocenters. The summed E-state index contributed by atoms with van der Waals surface area (Å²) in [5.41, 5.74) is 2.52. The summed E-state index contributed by atoms with van der Waals surface area (Å²) in [6, 6.07) is 15.8. The highest BCUT2D eigenvalue weighted by molar-refractivity contribution is 5.78. The smallest absolute Gasteiger partial charge is 0.234 e. The summed E-state index contributed by atoms with van der Waals surface area (Å²) < 4.78 is 5.93. The molecule has 1 aromatic carbocycles. The molecule has 2 aromatic heterocycles. The quantitative estimate of drug-likeness (QED) is 0.549. The molecule has 0 radical (unpaired) electrons. The molecule has 33 heavy (non-hydrogen) atoms. The van der Waals surface area contributed by atoms with E-state index in [2.05, 4.69) is 56.5 Å². The highest BCUT2D eigenvalue weighted by atomic mass is 16.5. The van der Waals surface area contributed by atoms with Gasteiger partial charge in [0.25, 0.3) is 0 Å². The van der Waals surface area contributed by atoms with E-state index in [4.69, 9.17) is 4.74 Å². The number of pyridine rings is 1. The maximum atomic E-state index is 12.7. The van der Waals surface area contributed by atoms with Gasteiger partial charge in [0.05, 0.1) is 30.7 Å². The molecule has 1 saturated heterocycles. The molecule has 8 heteroatoms. The maximum Gasteiger partial charge on any atom is 0.234 e. The normalized spacial score (nSPS) is 16.8. The van der Waals surface area contributed by atoms with Crippen LogP contribution in [-0.4, -0.2) is 57.5 Å². The number of hydrogen-bond donors (Lipinski definition) is 2. The molecule has 2 N–H and O–H groups in total. The fourth-order valence-corrected chi connectivity index (χ4v) is 3.96.